The molecule has 0 radical (unpaired) electrons. The summed E-state index contributed by atoms with van der Waals surface area (Å²) in [6.45, 7) is 0. The molecule has 0 aromatic heterocycles. The summed E-state index contributed by atoms with van der Waals surface area (Å²) < 4.78 is 0. The maximum absolute atomic E-state index is 11.8. The molecule has 1 aliphatic rings. The molecule has 1 saturated carbocycles. The van der Waals surface area contributed by atoms with Crippen LogP contribution >= 0.6 is 0 Å². The van der Waals surface area contributed by atoms with Crippen molar-refractivity contribution in [3.63, 3.8) is 0 Å². The number of carbonyl (C=O) groups is 2. The minimum Gasteiger partial charge on any atom is -0.368 e. The average Bonchev–Trinajstić information content (AvgIpc) is 3.13. The molecule has 4 heteroatoms. The molecule has 0 saturated heterocycles. The van der Waals surface area contributed by atoms with E-state index in [4.69, 9.17) is 5.73 Å². The van der Waals surface area contributed by atoms with Crippen LogP contribution in [-0.4, -0.2) is 17.9 Å². The van der Waals surface area contributed by atoms with Gasteiger partial charge >= 0.3 is 0 Å². The highest BCUT2D eigenvalue weighted by molar-refractivity contribution is 5.97. The van der Waals surface area contributed by atoms with Crippen LogP contribution in [0.25, 0.3) is 0 Å². The normalized spacial score (nSPS) is 16.2. The van der Waals surface area contributed by atoms with Crippen molar-refractivity contribution < 1.29 is 9.59 Å². The highest BCUT2D eigenvalue weighted by Crippen LogP contribution is 2.33. The van der Waals surface area contributed by atoms with Gasteiger partial charge < -0.3 is 11.1 Å². The first-order chi connectivity index (χ1) is 8.16. The monoisotopic (exact) mass is 232 g/mol. The van der Waals surface area contributed by atoms with Crippen LogP contribution in [0.4, 0.5) is 0 Å². The number of hydrogen-bond donors (Lipinski definition) is 2. The molecule has 1 aromatic carbocycles. The topological polar surface area (TPSA) is 72.2 Å². The highest BCUT2D eigenvalue weighted by atomic mass is 16.2. The van der Waals surface area contributed by atoms with Crippen LogP contribution in [-0.2, 0) is 4.79 Å². The molecule has 2 rings (SSSR count). The van der Waals surface area contributed by atoms with Crippen LogP contribution in [0, 0.1) is 5.92 Å². The van der Waals surface area contributed by atoms with Crippen LogP contribution in [0.1, 0.15) is 29.6 Å². The minimum atomic E-state index is -0.546. The number of nitrogens with two attached hydrogens (primary N) is 1. The fourth-order valence-electron chi connectivity index (χ4n) is 1.76. The predicted octanol–water partition coefficient (Wildman–Crippen LogP) is 1.07. The zero-order valence-corrected chi connectivity index (χ0v) is 9.56. The fraction of sp³-hybridized carbons (Fsp3) is 0.385. The van der Waals surface area contributed by atoms with Gasteiger partial charge in [0.05, 0.1) is 0 Å². The number of primary amides is 1. The summed E-state index contributed by atoms with van der Waals surface area (Å²) in [6, 6.07) is 8.29. The maximum Gasteiger partial charge on any atom is 0.251 e. The van der Waals surface area contributed by atoms with Crippen LogP contribution in [0.5, 0.6) is 0 Å². The Kier molecular flexibility index (Phi) is 3.42. The molecular formula is C13H16N2O2. The van der Waals surface area contributed by atoms with Crippen LogP contribution in [0.3, 0.4) is 0 Å². The second kappa shape index (κ2) is 4.99. The SMILES string of the molecule is NC(=O)[C@H](CC1CC1)NC(=O)c1ccccc1. The van der Waals surface area contributed by atoms with E-state index >= 15 is 0 Å². The lowest BCUT2D eigenvalue weighted by atomic mass is 10.1. The van der Waals surface area contributed by atoms with Gasteiger partial charge in [-0.1, -0.05) is 31.0 Å². The number of nitrogens with one attached hydrogen (secondary N) is 1. The first-order valence-electron chi connectivity index (χ1n) is 5.82. The summed E-state index contributed by atoms with van der Waals surface area (Å²) >= 11 is 0. The Labute approximate surface area is 100 Å². The van der Waals surface area contributed by atoms with Crippen molar-refractivity contribution in [1.29, 1.82) is 0 Å². The van der Waals surface area contributed by atoms with E-state index in [2.05, 4.69) is 5.32 Å². The van der Waals surface area contributed by atoms with Gasteiger partial charge in [0, 0.05) is 5.56 Å². The lowest BCUT2D eigenvalue weighted by molar-refractivity contribution is -0.120. The molecule has 0 spiro atoms. The van der Waals surface area contributed by atoms with Gasteiger partial charge in [0.15, 0.2) is 0 Å². The molecule has 0 bridgehead atoms. The van der Waals surface area contributed by atoms with Gasteiger partial charge in [0.25, 0.3) is 5.91 Å². The number of rotatable bonds is 5. The molecule has 90 valence electrons. The van der Waals surface area contributed by atoms with Crippen molar-refractivity contribution in [2.45, 2.75) is 25.3 Å². The molecular weight excluding hydrogens is 216 g/mol. The molecule has 0 unspecified atom stereocenters. The molecule has 0 heterocycles. The number of carbonyl (C=O) groups excluding carboxylic acids is 2. The Morgan fingerprint density at radius 3 is 2.47 bits per heavy atom. The van der Waals surface area contributed by atoms with Gasteiger partial charge in [0.1, 0.15) is 6.04 Å². The van der Waals surface area contributed by atoms with Gasteiger partial charge in [-0.15, -0.1) is 0 Å². The van der Waals surface area contributed by atoms with Crippen LogP contribution < -0.4 is 11.1 Å². The van der Waals surface area contributed by atoms with Crippen molar-refractivity contribution >= 4 is 11.8 Å². The summed E-state index contributed by atoms with van der Waals surface area (Å²) in [7, 11) is 0. The van der Waals surface area contributed by atoms with Crippen molar-refractivity contribution in [3.05, 3.63) is 35.9 Å². The van der Waals surface area contributed by atoms with Gasteiger partial charge in [-0.05, 0) is 24.5 Å². The molecule has 3 N–H and O–H groups in total. The highest BCUT2D eigenvalue weighted by Gasteiger charge is 2.29. The van der Waals surface area contributed by atoms with E-state index in [1.165, 1.54) is 0 Å². The first-order valence-corrected chi connectivity index (χ1v) is 5.82. The molecule has 1 atom stereocenters. The number of hydrogen-bond acceptors (Lipinski definition) is 2. The average molecular weight is 232 g/mol. The Bertz CT molecular complexity index is 413. The third kappa shape index (κ3) is 3.31. The van der Waals surface area contributed by atoms with E-state index in [-0.39, 0.29) is 5.91 Å². The predicted molar refractivity (Wildman–Crippen MR) is 64.2 cm³/mol. The third-order valence-corrected chi connectivity index (χ3v) is 2.95. The summed E-state index contributed by atoms with van der Waals surface area (Å²) in [5, 5.41) is 2.69. The van der Waals surface area contributed by atoms with E-state index in [1.54, 1.807) is 24.3 Å². The smallest absolute Gasteiger partial charge is 0.251 e. The number of amides is 2. The van der Waals surface area contributed by atoms with E-state index in [0.717, 1.165) is 12.8 Å². The van der Waals surface area contributed by atoms with Gasteiger partial charge in [-0.25, -0.2) is 0 Å². The second-order valence-electron chi connectivity index (χ2n) is 4.47. The Morgan fingerprint density at radius 2 is 1.94 bits per heavy atom. The van der Waals surface area contributed by atoms with Crippen molar-refractivity contribution in [2.75, 3.05) is 0 Å². The van der Waals surface area contributed by atoms with E-state index in [9.17, 15) is 9.59 Å². The molecule has 1 aromatic rings. The zero-order valence-electron chi connectivity index (χ0n) is 9.56. The van der Waals surface area contributed by atoms with Crippen molar-refractivity contribution in [1.82, 2.24) is 5.32 Å². The summed E-state index contributed by atoms with van der Waals surface area (Å²) in [4.78, 5) is 23.1. The first kappa shape index (κ1) is 11.6. The van der Waals surface area contributed by atoms with Gasteiger partial charge in [0.2, 0.25) is 5.91 Å². The molecule has 0 aliphatic heterocycles. The fourth-order valence-corrected chi connectivity index (χ4v) is 1.76. The minimum absolute atomic E-state index is 0.241. The molecule has 1 fully saturated rings. The third-order valence-electron chi connectivity index (χ3n) is 2.95. The molecule has 2 amide bonds. The van der Waals surface area contributed by atoms with Crippen molar-refractivity contribution in [2.24, 2.45) is 11.7 Å². The summed E-state index contributed by atoms with van der Waals surface area (Å²) in [6.07, 6.45) is 2.92. The van der Waals surface area contributed by atoms with E-state index in [1.807, 2.05) is 6.07 Å². The van der Waals surface area contributed by atoms with Crippen LogP contribution in [0.2, 0.25) is 0 Å². The molecule has 1 aliphatic carbocycles. The van der Waals surface area contributed by atoms with Crippen LogP contribution in [0.15, 0.2) is 30.3 Å². The van der Waals surface area contributed by atoms with Gasteiger partial charge in [-0.2, -0.15) is 0 Å². The van der Waals surface area contributed by atoms with E-state index in [0.29, 0.717) is 17.9 Å². The van der Waals surface area contributed by atoms with Gasteiger partial charge in [-0.3, -0.25) is 9.59 Å². The standard InChI is InChI=1S/C13H16N2O2/c14-12(16)11(8-9-6-7-9)15-13(17)10-4-2-1-3-5-10/h1-5,9,11H,6-8H2,(H2,14,16)(H,15,17)/t11-/m0/s1. The zero-order chi connectivity index (χ0) is 12.3. The maximum atomic E-state index is 11.8. The lowest BCUT2D eigenvalue weighted by Gasteiger charge is -2.14. The number of benzene rings is 1. The summed E-state index contributed by atoms with van der Waals surface area (Å²) in [5.41, 5.74) is 5.84. The Morgan fingerprint density at radius 1 is 1.29 bits per heavy atom. The summed E-state index contributed by atoms with van der Waals surface area (Å²) in [5.74, 6) is -0.153. The molecule has 17 heavy (non-hydrogen) atoms. The van der Waals surface area contributed by atoms with E-state index < -0.39 is 11.9 Å². The quantitative estimate of drug-likeness (QED) is 0.797. The Hall–Kier alpha value is -1.84. The second-order valence-corrected chi connectivity index (χ2v) is 4.47. The molecule has 4 nitrogen and oxygen atoms in total. The lowest BCUT2D eigenvalue weighted by Crippen LogP contribution is -2.44. The van der Waals surface area contributed by atoms with Crippen molar-refractivity contribution in [3.8, 4) is 0 Å². The largest absolute Gasteiger partial charge is 0.368 e. The Balaban J connectivity index is 1.97.